The van der Waals surface area contributed by atoms with Gasteiger partial charge in [-0.2, -0.15) is 0 Å². The zero-order valence-electron chi connectivity index (χ0n) is 7.88. The van der Waals surface area contributed by atoms with Crippen LogP contribution < -0.4 is 0 Å². The molecule has 0 radical (unpaired) electrons. The van der Waals surface area contributed by atoms with Crippen LogP contribution in [0.1, 0.15) is 18.2 Å². The lowest BCUT2D eigenvalue weighted by atomic mass is 10.3. The zero-order valence-corrected chi connectivity index (χ0v) is 7.88. The Labute approximate surface area is 85.5 Å². The number of fused-ring (bicyclic) bond motifs is 1. The molecular weight excluding hydrogens is 194 g/mol. The Balaban J connectivity index is 1.97. The Morgan fingerprint density at radius 3 is 2.93 bits per heavy atom. The number of para-hydroxylation sites is 2. The number of nitrogens with zero attached hydrogens (tertiary/aromatic N) is 1. The summed E-state index contributed by atoms with van der Waals surface area (Å²) >= 11 is 0. The van der Waals surface area contributed by atoms with E-state index in [1.807, 2.05) is 24.3 Å². The SMILES string of the molecule is O=C(O)[C@@H]1C[C@H]1c1nc2ccccc2o1. The van der Waals surface area contributed by atoms with E-state index < -0.39 is 5.97 Å². The summed E-state index contributed by atoms with van der Waals surface area (Å²) in [5.41, 5.74) is 1.52. The van der Waals surface area contributed by atoms with Crippen molar-refractivity contribution in [2.45, 2.75) is 12.3 Å². The molecule has 0 aliphatic heterocycles. The fraction of sp³-hybridized carbons (Fsp3) is 0.273. The minimum atomic E-state index is -0.762. The average Bonchev–Trinajstić information content (AvgIpc) is 2.91. The van der Waals surface area contributed by atoms with Crippen LogP contribution >= 0.6 is 0 Å². The van der Waals surface area contributed by atoms with E-state index >= 15 is 0 Å². The van der Waals surface area contributed by atoms with E-state index in [1.165, 1.54) is 0 Å². The van der Waals surface area contributed by atoms with Crippen molar-refractivity contribution >= 4 is 17.1 Å². The second-order valence-corrected chi connectivity index (χ2v) is 3.81. The molecule has 0 bridgehead atoms. The van der Waals surface area contributed by atoms with E-state index in [2.05, 4.69) is 4.98 Å². The topological polar surface area (TPSA) is 63.3 Å². The number of carboxylic acid groups (broad SMARTS) is 1. The molecule has 0 saturated heterocycles. The quantitative estimate of drug-likeness (QED) is 0.810. The number of carboxylic acids is 1. The largest absolute Gasteiger partial charge is 0.481 e. The predicted molar refractivity (Wildman–Crippen MR) is 52.5 cm³/mol. The molecule has 4 nitrogen and oxygen atoms in total. The standard InChI is InChI=1S/C11H9NO3/c13-11(14)7-5-6(7)10-12-8-3-1-2-4-9(8)15-10/h1-4,6-7H,5H2,(H,13,14)/t6-,7-/m1/s1. The maximum atomic E-state index is 10.7. The Morgan fingerprint density at radius 1 is 1.47 bits per heavy atom. The predicted octanol–water partition coefficient (Wildman–Crippen LogP) is 2.02. The van der Waals surface area contributed by atoms with E-state index in [4.69, 9.17) is 9.52 Å². The molecule has 0 spiro atoms. The van der Waals surface area contributed by atoms with Crippen molar-refractivity contribution in [2.75, 3.05) is 0 Å². The molecule has 2 atom stereocenters. The summed E-state index contributed by atoms with van der Waals surface area (Å²) in [5.74, 6) is -0.543. The van der Waals surface area contributed by atoms with Crippen molar-refractivity contribution in [3.8, 4) is 0 Å². The average molecular weight is 203 g/mol. The van der Waals surface area contributed by atoms with Crippen molar-refractivity contribution in [1.29, 1.82) is 0 Å². The molecule has 1 aromatic heterocycles. The molecular formula is C11H9NO3. The molecule has 1 fully saturated rings. The van der Waals surface area contributed by atoms with Crippen LogP contribution in [0.25, 0.3) is 11.1 Å². The highest BCUT2D eigenvalue weighted by Gasteiger charge is 2.47. The van der Waals surface area contributed by atoms with Gasteiger partial charge in [-0.1, -0.05) is 12.1 Å². The molecule has 76 valence electrons. The van der Waals surface area contributed by atoms with Crippen LogP contribution in [0.15, 0.2) is 28.7 Å². The molecule has 1 aromatic carbocycles. The van der Waals surface area contributed by atoms with Gasteiger partial charge >= 0.3 is 5.97 Å². The number of aliphatic carboxylic acids is 1. The van der Waals surface area contributed by atoms with Crippen molar-refractivity contribution < 1.29 is 14.3 Å². The first-order chi connectivity index (χ1) is 7.25. The first kappa shape index (κ1) is 8.47. The zero-order chi connectivity index (χ0) is 10.4. The molecule has 0 unspecified atom stereocenters. The normalized spacial score (nSPS) is 24.3. The smallest absolute Gasteiger partial charge is 0.307 e. The van der Waals surface area contributed by atoms with E-state index in [9.17, 15) is 4.79 Å². The lowest BCUT2D eigenvalue weighted by molar-refractivity contribution is -0.138. The molecule has 3 rings (SSSR count). The Hall–Kier alpha value is -1.84. The maximum Gasteiger partial charge on any atom is 0.307 e. The van der Waals surface area contributed by atoms with Gasteiger partial charge < -0.3 is 9.52 Å². The fourth-order valence-electron chi connectivity index (χ4n) is 1.79. The first-order valence-corrected chi connectivity index (χ1v) is 4.84. The summed E-state index contributed by atoms with van der Waals surface area (Å²) in [6.45, 7) is 0. The van der Waals surface area contributed by atoms with Crippen LogP contribution in [0.2, 0.25) is 0 Å². The molecule has 0 amide bonds. The van der Waals surface area contributed by atoms with Gasteiger partial charge in [0.1, 0.15) is 5.52 Å². The number of rotatable bonds is 2. The van der Waals surface area contributed by atoms with Gasteiger partial charge in [0.2, 0.25) is 0 Å². The summed E-state index contributed by atoms with van der Waals surface area (Å²) in [7, 11) is 0. The van der Waals surface area contributed by atoms with Crippen molar-refractivity contribution in [3.05, 3.63) is 30.2 Å². The monoisotopic (exact) mass is 203 g/mol. The minimum Gasteiger partial charge on any atom is -0.481 e. The van der Waals surface area contributed by atoms with Gasteiger partial charge in [-0.25, -0.2) is 4.98 Å². The van der Waals surface area contributed by atoms with Crippen LogP contribution in [-0.4, -0.2) is 16.1 Å². The van der Waals surface area contributed by atoms with E-state index in [0.29, 0.717) is 12.3 Å². The van der Waals surface area contributed by atoms with Gasteiger partial charge in [-0.15, -0.1) is 0 Å². The number of carbonyl (C=O) groups is 1. The Kier molecular flexibility index (Phi) is 1.59. The number of oxazole rings is 1. The molecule has 1 aliphatic rings. The van der Waals surface area contributed by atoms with E-state index in [-0.39, 0.29) is 11.8 Å². The summed E-state index contributed by atoms with van der Waals surface area (Å²) in [6, 6.07) is 7.46. The highest BCUT2D eigenvalue weighted by atomic mass is 16.4. The van der Waals surface area contributed by atoms with Gasteiger partial charge in [-0.05, 0) is 18.6 Å². The third kappa shape index (κ3) is 1.29. The Morgan fingerprint density at radius 2 is 2.27 bits per heavy atom. The summed E-state index contributed by atoms with van der Waals surface area (Å²) in [4.78, 5) is 15.0. The molecule has 1 saturated carbocycles. The highest BCUT2D eigenvalue weighted by molar-refractivity contribution is 5.76. The van der Waals surface area contributed by atoms with Crippen LogP contribution in [0.3, 0.4) is 0 Å². The van der Waals surface area contributed by atoms with Crippen molar-refractivity contribution in [1.82, 2.24) is 4.98 Å². The van der Waals surface area contributed by atoms with Crippen LogP contribution in [0.4, 0.5) is 0 Å². The lowest BCUT2D eigenvalue weighted by Gasteiger charge is -1.87. The second-order valence-electron chi connectivity index (χ2n) is 3.81. The second kappa shape index (κ2) is 2.82. The van der Waals surface area contributed by atoms with Crippen LogP contribution in [0, 0.1) is 5.92 Å². The summed E-state index contributed by atoms with van der Waals surface area (Å²) in [5, 5.41) is 8.79. The number of hydrogen-bond acceptors (Lipinski definition) is 3. The van der Waals surface area contributed by atoms with Crippen LogP contribution in [0.5, 0.6) is 0 Å². The fourth-order valence-corrected chi connectivity index (χ4v) is 1.79. The maximum absolute atomic E-state index is 10.7. The number of benzene rings is 1. The molecule has 15 heavy (non-hydrogen) atoms. The van der Waals surface area contributed by atoms with Gasteiger partial charge in [-0.3, -0.25) is 4.79 Å². The Bertz CT molecular complexity index is 498. The highest BCUT2D eigenvalue weighted by Crippen LogP contribution is 2.47. The third-order valence-corrected chi connectivity index (χ3v) is 2.74. The minimum absolute atomic E-state index is 0.0325. The van der Waals surface area contributed by atoms with Gasteiger partial charge in [0, 0.05) is 5.92 Å². The molecule has 1 heterocycles. The lowest BCUT2D eigenvalue weighted by Crippen LogP contribution is -1.98. The van der Waals surface area contributed by atoms with E-state index in [1.54, 1.807) is 0 Å². The summed E-state index contributed by atoms with van der Waals surface area (Å²) in [6.07, 6.45) is 0.641. The van der Waals surface area contributed by atoms with Gasteiger partial charge in [0.15, 0.2) is 11.5 Å². The van der Waals surface area contributed by atoms with Gasteiger partial charge in [0.25, 0.3) is 0 Å². The molecule has 2 aromatic rings. The first-order valence-electron chi connectivity index (χ1n) is 4.84. The molecule has 1 N–H and O–H groups in total. The summed E-state index contributed by atoms with van der Waals surface area (Å²) < 4.78 is 5.50. The van der Waals surface area contributed by atoms with E-state index in [0.717, 1.165) is 11.1 Å². The van der Waals surface area contributed by atoms with Crippen molar-refractivity contribution in [3.63, 3.8) is 0 Å². The van der Waals surface area contributed by atoms with Gasteiger partial charge in [0.05, 0.1) is 5.92 Å². The number of hydrogen-bond donors (Lipinski definition) is 1. The number of aromatic nitrogens is 1. The third-order valence-electron chi connectivity index (χ3n) is 2.74. The molecule has 4 heteroatoms. The van der Waals surface area contributed by atoms with Crippen molar-refractivity contribution in [2.24, 2.45) is 5.92 Å². The molecule has 1 aliphatic carbocycles. The van der Waals surface area contributed by atoms with Crippen LogP contribution in [-0.2, 0) is 4.79 Å².